The van der Waals surface area contributed by atoms with Crippen LogP contribution < -0.4 is 4.74 Å². The molecule has 7 rings (SSSR count). The first-order valence-corrected chi connectivity index (χ1v) is 13.5. The normalized spacial score (nSPS) is 24.6. The highest BCUT2D eigenvalue weighted by atomic mass is 16.6. The highest BCUT2D eigenvalue weighted by molar-refractivity contribution is 6.00. The maximum atomic E-state index is 12.4. The average molecular weight is 537 g/mol. The summed E-state index contributed by atoms with van der Waals surface area (Å²) in [5.74, 6) is 0.430. The smallest absolute Gasteiger partial charge is 0.205 e. The summed E-state index contributed by atoms with van der Waals surface area (Å²) in [7, 11) is 0. The van der Waals surface area contributed by atoms with Gasteiger partial charge in [0, 0.05) is 30.4 Å². The number of Topliss-reactive ketones (excluding diaryl/α,β-unsaturated/α-hetero) is 1. The van der Waals surface area contributed by atoms with Gasteiger partial charge in [0.1, 0.15) is 17.0 Å². The highest BCUT2D eigenvalue weighted by Crippen LogP contribution is 2.65. The third-order valence-corrected chi connectivity index (χ3v) is 8.91. The zero-order valence-electron chi connectivity index (χ0n) is 22.0. The summed E-state index contributed by atoms with van der Waals surface area (Å²) < 4.78 is 14.0. The zero-order chi connectivity index (χ0) is 27.8. The average Bonchev–Trinajstić information content (AvgIpc) is 3.49. The number of hydrogen-bond acceptors (Lipinski definition) is 6. The lowest BCUT2D eigenvalue weighted by molar-refractivity contribution is -0.107. The molecule has 2 bridgehead atoms. The van der Waals surface area contributed by atoms with Crippen LogP contribution in [0.1, 0.15) is 59.7 Å². The molecule has 0 spiro atoms. The molecule has 3 N–H and O–H groups in total. The van der Waals surface area contributed by atoms with E-state index in [1.54, 1.807) is 19.1 Å². The van der Waals surface area contributed by atoms with Gasteiger partial charge in [-0.15, -0.1) is 0 Å². The van der Waals surface area contributed by atoms with Crippen molar-refractivity contribution in [3.63, 3.8) is 0 Å². The fraction of sp³-hybridized carbons (Fsp3) is 0.312. The van der Waals surface area contributed by atoms with Crippen LogP contribution in [0, 0.1) is 6.57 Å². The number of aliphatic hydroxyl groups excluding tert-OH is 1. The summed E-state index contributed by atoms with van der Waals surface area (Å²) in [5.41, 5.74) is 1.15. The van der Waals surface area contributed by atoms with Gasteiger partial charge in [-0.3, -0.25) is 9.36 Å². The molecule has 40 heavy (non-hydrogen) atoms. The molecular weight excluding hydrogens is 508 g/mol. The molecule has 8 heteroatoms. The van der Waals surface area contributed by atoms with Crippen LogP contribution in [-0.4, -0.2) is 38.4 Å². The fourth-order valence-electron chi connectivity index (χ4n) is 7.01. The van der Waals surface area contributed by atoms with Crippen molar-refractivity contribution in [2.24, 2.45) is 0 Å². The monoisotopic (exact) mass is 536 g/mol. The number of rotatable bonds is 5. The van der Waals surface area contributed by atoms with E-state index in [0.29, 0.717) is 57.4 Å². The minimum absolute atomic E-state index is 0.127. The van der Waals surface area contributed by atoms with Gasteiger partial charge in [0.15, 0.2) is 11.5 Å². The van der Waals surface area contributed by atoms with Crippen molar-refractivity contribution >= 4 is 22.2 Å². The van der Waals surface area contributed by atoms with E-state index in [1.807, 2.05) is 42.5 Å². The molecule has 0 amide bonds. The summed E-state index contributed by atoms with van der Waals surface area (Å²) in [6.45, 7) is 9.49. The summed E-state index contributed by atoms with van der Waals surface area (Å²) in [6.07, 6.45) is 1.77. The molecule has 2 aliphatic heterocycles. The van der Waals surface area contributed by atoms with E-state index in [4.69, 9.17) is 16.0 Å². The Kier molecular flexibility index (Phi) is 5.30. The largest absolute Gasteiger partial charge is 0.494 e. The van der Waals surface area contributed by atoms with E-state index in [2.05, 4.69) is 4.85 Å². The van der Waals surface area contributed by atoms with Crippen molar-refractivity contribution in [1.82, 2.24) is 4.57 Å². The first-order valence-electron chi connectivity index (χ1n) is 13.5. The van der Waals surface area contributed by atoms with Crippen LogP contribution >= 0.6 is 0 Å². The number of nitrogens with zero attached hydrogens (tertiary/aromatic N) is 2. The molecule has 3 heterocycles. The van der Waals surface area contributed by atoms with Crippen LogP contribution in [0.25, 0.3) is 21.3 Å². The van der Waals surface area contributed by atoms with Gasteiger partial charge in [-0.2, -0.15) is 0 Å². The van der Waals surface area contributed by atoms with Crippen molar-refractivity contribution in [1.29, 1.82) is 0 Å². The Bertz CT molecular complexity index is 1770. The van der Waals surface area contributed by atoms with Crippen LogP contribution in [0.5, 0.6) is 17.5 Å². The number of ether oxygens (including phenoxy) is 2. The second kappa shape index (κ2) is 8.59. The molecule has 3 aromatic carbocycles. The number of carbonyl (C=O) groups excluding carboxylic acids is 1. The molecule has 4 aromatic rings. The van der Waals surface area contributed by atoms with E-state index < -0.39 is 17.3 Å². The Morgan fingerprint density at radius 3 is 2.62 bits per heavy atom. The Hall–Kier alpha value is -4.32. The van der Waals surface area contributed by atoms with Gasteiger partial charge in [0.05, 0.1) is 36.1 Å². The van der Waals surface area contributed by atoms with E-state index in [9.17, 15) is 20.1 Å². The quantitative estimate of drug-likeness (QED) is 0.279. The number of aromatic hydroxyl groups is 2. The standard InChI is InChI=1S/C32H28N2O6/c1-31-26(36)17-32(40-31,15-16-39-25-12-6-9-20-21(25)10-5-11-24(20)35)28-27(31)29(37)34(30(28)38)23-14-13-22(33-2)18-7-3-4-8-19(18)23/h3-4,6-9,12-14,26,36-38H,5,10-11,15-17H2,1H3/t26-,31?,32?/m1/s1. The number of carbonyl (C=O) groups is 1. The number of hydrogen-bond donors (Lipinski definition) is 3. The summed E-state index contributed by atoms with van der Waals surface area (Å²) in [5, 5.41) is 35.7. The fourth-order valence-corrected chi connectivity index (χ4v) is 7.01. The molecule has 1 aliphatic carbocycles. The molecule has 202 valence electrons. The number of aliphatic hydroxyl groups is 1. The third-order valence-electron chi connectivity index (χ3n) is 8.91. The number of fused-ring (bicyclic) bond motifs is 7. The van der Waals surface area contributed by atoms with Gasteiger partial charge >= 0.3 is 0 Å². The predicted octanol–water partition coefficient (Wildman–Crippen LogP) is 5.79. The SMILES string of the molecule is [C-]#[N+]c1ccc(-n2c(O)c3c(c2O)C2(C)OC3(CCOc3cccc4c3CCCC4=O)C[C@H]2O)c2ccccc12. The molecule has 0 saturated carbocycles. The van der Waals surface area contributed by atoms with E-state index in [0.717, 1.165) is 18.4 Å². The Morgan fingerprint density at radius 2 is 1.82 bits per heavy atom. The van der Waals surface area contributed by atoms with Crippen molar-refractivity contribution in [2.45, 2.75) is 56.3 Å². The predicted molar refractivity (Wildman–Crippen MR) is 147 cm³/mol. The highest BCUT2D eigenvalue weighted by Gasteiger charge is 2.66. The molecule has 0 radical (unpaired) electrons. The number of aromatic nitrogens is 1. The van der Waals surface area contributed by atoms with Crippen molar-refractivity contribution < 1.29 is 29.6 Å². The third kappa shape index (κ3) is 3.22. The van der Waals surface area contributed by atoms with Gasteiger partial charge in [-0.25, -0.2) is 4.85 Å². The summed E-state index contributed by atoms with van der Waals surface area (Å²) in [4.78, 5) is 16.0. The molecule has 1 fully saturated rings. The first-order chi connectivity index (χ1) is 19.3. The maximum Gasteiger partial charge on any atom is 0.205 e. The second-order valence-corrected chi connectivity index (χ2v) is 11.1. The van der Waals surface area contributed by atoms with Crippen LogP contribution in [0.2, 0.25) is 0 Å². The Balaban J connectivity index is 1.29. The molecule has 1 aromatic heterocycles. The lowest BCUT2D eigenvalue weighted by Crippen LogP contribution is -2.33. The molecule has 2 unspecified atom stereocenters. The number of benzene rings is 3. The minimum Gasteiger partial charge on any atom is -0.494 e. The molecular formula is C32H28N2O6. The Morgan fingerprint density at radius 1 is 1.05 bits per heavy atom. The van der Waals surface area contributed by atoms with E-state index in [1.165, 1.54) is 4.57 Å². The van der Waals surface area contributed by atoms with Gasteiger partial charge in [0.2, 0.25) is 11.8 Å². The van der Waals surface area contributed by atoms with Crippen molar-refractivity contribution in [3.8, 4) is 23.2 Å². The van der Waals surface area contributed by atoms with Crippen LogP contribution in [-0.2, 0) is 22.4 Å². The van der Waals surface area contributed by atoms with Gasteiger partial charge in [0.25, 0.3) is 0 Å². The van der Waals surface area contributed by atoms with Crippen molar-refractivity contribution in [2.75, 3.05) is 6.61 Å². The van der Waals surface area contributed by atoms with Crippen LogP contribution in [0.3, 0.4) is 0 Å². The van der Waals surface area contributed by atoms with E-state index in [-0.39, 0.29) is 30.6 Å². The summed E-state index contributed by atoms with van der Waals surface area (Å²) in [6, 6.07) is 16.3. The zero-order valence-corrected chi connectivity index (χ0v) is 22.0. The molecule has 3 aliphatic rings. The van der Waals surface area contributed by atoms with E-state index >= 15 is 0 Å². The first kappa shape index (κ1) is 24.7. The lowest BCUT2D eigenvalue weighted by atomic mass is 9.76. The van der Waals surface area contributed by atoms with Gasteiger partial charge in [-0.1, -0.05) is 42.5 Å². The second-order valence-electron chi connectivity index (χ2n) is 11.1. The van der Waals surface area contributed by atoms with Crippen LogP contribution in [0.15, 0.2) is 54.6 Å². The van der Waals surface area contributed by atoms with Gasteiger partial charge in [-0.05, 0) is 42.7 Å². The molecule has 1 saturated heterocycles. The van der Waals surface area contributed by atoms with Crippen LogP contribution in [0.4, 0.5) is 5.69 Å². The van der Waals surface area contributed by atoms with Gasteiger partial charge < -0.3 is 24.8 Å². The lowest BCUT2D eigenvalue weighted by Gasteiger charge is -2.27. The number of ketones is 1. The summed E-state index contributed by atoms with van der Waals surface area (Å²) >= 11 is 0. The minimum atomic E-state index is -1.22. The topological polar surface area (TPSA) is 106 Å². The Labute approximate surface area is 230 Å². The molecule has 8 nitrogen and oxygen atoms in total. The van der Waals surface area contributed by atoms with Crippen molar-refractivity contribution in [3.05, 3.63) is 88.3 Å². The maximum absolute atomic E-state index is 12.4. The molecule has 3 atom stereocenters.